The first-order valence-corrected chi connectivity index (χ1v) is 11.3. The van der Waals surface area contributed by atoms with Crippen LogP contribution in [0.3, 0.4) is 0 Å². The van der Waals surface area contributed by atoms with Crippen molar-refractivity contribution in [3.8, 4) is 18.1 Å². The number of hydrogen-bond donors (Lipinski definition) is 0. The van der Waals surface area contributed by atoms with Crippen LogP contribution in [0.4, 0.5) is 0 Å². The fourth-order valence-electron chi connectivity index (χ4n) is 6.89. The van der Waals surface area contributed by atoms with Crippen LogP contribution < -0.4 is 4.74 Å². The van der Waals surface area contributed by atoms with Crippen molar-refractivity contribution in [3.05, 3.63) is 29.8 Å². The van der Waals surface area contributed by atoms with Crippen LogP contribution in [-0.2, 0) is 10.2 Å². The van der Waals surface area contributed by atoms with Gasteiger partial charge in [0.25, 0.3) is 5.91 Å². The first kappa shape index (κ1) is 19.0. The Labute approximate surface area is 174 Å². The maximum atomic E-state index is 12.5. The largest absolute Gasteiger partial charge is 0.484 e. The van der Waals surface area contributed by atoms with Crippen molar-refractivity contribution in [2.75, 3.05) is 39.3 Å². The summed E-state index contributed by atoms with van der Waals surface area (Å²) in [6.45, 7) is 3.93. The number of nitrogens with zero attached hydrogens (tertiary/aromatic N) is 2. The molecule has 154 valence electrons. The van der Waals surface area contributed by atoms with Gasteiger partial charge in [-0.3, -0.25) is 9.69 Å². The molecule has 4 nitrogen and oxygen atoms in total. The van der Waals surface area contributed by atoms with Crippen LogP contribution in [0.2, 0.25) is 0 Å². The second kappa shape index (κ2) is 7.69. The molecule has 0 radical (unpaired) electrons. The summed E-state index contributed by atoms with van der Waals surface area (Å²) in [7, 11) is 0. The predicted octanol–water partition coefficient (Wildman–Crippen LogP) is 3.31. The molecule has 0 N–H and O–H groups in total. The van der Waals surface area contributed by atoms with E-state index in [9.17, 15) is 4.79 Å². The Morgan fingerprint density at radius 2 is 1.59 bits per heavy atom. The molecule has 4 bridgehead atoms. The Hall–Kier alpha value is -1.99. The van der Waals surface area contributed by atoms with Crippen molar-refractivity contribution in [1.82, 2.24) is 9.80 Å². The second-order valence-corrected chi connectivity index (χ2v) is 9.87. The molecule has 1 heterocycles. The summed E-state index contributed by atoms with van der Waals surface area (Å²) in [6.07, 6.45) is 13.9. The van der Waals surface area contributed by atoms with Crippen LogP contribution in [0, 0.1) is 30.1 Å². The number of amides is 1. The Kier molecular flexibility index (Phi) is 5.04. The van der Waals surface area contributed by atoms with Crippen molar-refractivity contribution in [3.63, 3.8) is 0 Å². The van der Waals surface area contributed by atoms with Crippen LogP contribution in [0.15, 0.2) is 24.3 Å². The van der Waals surface area contributed by atoms with E-state index in [4.69, 9.17) is 11.2 Å². The lowest BCUT2D eigenvalue weighted by molar-refractivity contribution is -0.135. The van der Waals surface area contributed by atoms with E-state index in [1.165, 1.54) is 44.1 Å². The number of carbonyl (C=O) groups excluding carboxylic acids is 1. The summed E-state index contributed by atoms with van der Waals surface area (Å²) in [5.74, 6) is 6.40. The van der Waals surface area contributed by atoms with Crippen molar-refractivity contribution >= 4 is 5.91 Å². The van der Waals surface area contributed by atoms with Gasteiger partial charge in [0, 0.05) is 26.2 Å². The Bertz CT molecular complexity index is 751. The van der Waals surface area contributed by atoms with Crippen molar-refractivity contribution in [2.45, 2.75) is 43.9 Å². The molecular weight excluding hydrogens is 360 g/mol. The van der Waals surface area contributed by atoms with E-state index in [0.717, 1.165) is 49.7 Å². The number of terminal acetylenes is 1. The zero-order valence-corrected chi connectivity index (χ0v) is 17.3. The second-order valence-electron chi connectivity index (χ2n) is 9.87. The molecule has 0 spiro atoms. The first-order chi connectivity index (χ1) is 14.1. The number of carbonyl (C=O) groups is 1. The molecule has 1 aliphatic heterocycles. The molecule has 0 unspecified atom stereocenters. The smallest absolute Gasteiger partial charge is 0.260 e. The Morgan fingerprint density at radius 3 is 2.14 bits per heavy atom. The van der Waals surface area contributed by atoms with Crippen molar-refractivity contribution in [1.29, 1.82) is 0 Å². The van der Waals surface area contributed by atoms with E-state index in [2.05, 4.69) is 35.1 Å². The van der Waals surface area contributed by atoms with Crippen LogP contribution in [0.1, 0.15) is 44.1 Å². The summed E-state index contributed by atoms with van der Waals surface area (Å²) in [5.41, 5.74) is 1.92. The lowest BCUT2D eigenvalue weighted by atomic mass is 9.48. The predicted molar refractivity (Wildman–Crippen MR) is 114 cm³/mol. The lowest BCUT2D eigenvalue weighted by Gasteiger charge is -2.57. The lowest BCUT2D eigenvalue weighted by Crippen LogP contribution is -2.49. The molecule has 4 aliphatic carbocycles. The number of piperazine rings is 1. The van der Waals surface area contributed by atoms with Crippen LogP contribution in [0.25, 0.3) is 0 Å². The summed E-state index contributed by atoms with van der Waals surface area (Å²) in [4.78, 5) is 16.6. The van der Waals surface area contributed by atoms with Crippen LogP contribution in [0.5, 0.6) is 5.75 Å². The molecule has 6 rings (SSSR count). The SMILES string of the molecule is C#CCN1CCN(C(=O)COc2ccc(C34CC5CC(CC(C5)C3)C4)cc2)CC1. The zero-order chi connectivity index (χ0) is 19.8. The molecule has 1 saturated heterocycles. The quantitative estimate of drug-likeness (QED) is 0.721. The molecule has 29 heavy (non-hydrogen) atoms. The molecule has 1 aromatic carbocycles. The normalized spacial score (nSPS) is 33.5. The highest BCUT2D eigenvalue weighted by molar-refractivity contribution is 5.77. The van der Waals surface area contributed by atoms with Gasteiger partial charge in [-0.25, -0.2) is 0 Å². The average Bonchev–Trinajstić information content (AvgIpc) is 2.72. The Morgan fingerprint density at radius 1 is 1.00 bits per heavy atom. The van der Waals surface area contributed by atoms with Gasteiger partial charge < -0.3 is 9.64 Å². The third-order valence-electron chi connectivity index (χ3n) is 7.91. The van der Waals surface area contributed by atoms with Gasteiger partial charge in [-0.1, -0.05) is 18.1 Å². The third-order valence-corrected chi connectivity index (χ3v) is 7.91. The van der Waals surface area contributed by atoms with E-state index >= 15 is 0 Å². The average molecular weight is 393 g/mol. The molecule has 4 heteroatoms. The standard InChI is InChI=1S/C25H32N2O2/c1-2-7-26-8-10-27(11-9-26)24(28)18-29-23-5-3-22(4-6-23)25-15-19-12-20(16-25)14-21(13-19)17-25/h1,3-6,19-21H,7-18H2. The third kappa shape index (κ3) is 3.78. The molecule has 1 aromatic rings. The summed E-state index contributed by atoms with van der Waals surface area (Å²) < 4.78 is 5.83. The van der Waals surface area contributed by atoms with E-state index in [0.29, 0.717) is 12.0 Å². The van der Waals surface area contributed by atoms with Crippen molar-refractivity contribution in [2.24, 2.45) is 17.8 Å². The van der Waals surface area contributed by atoms with Crippen LogP contribution >= 0.6 is 0 Å². The summed E-state index contributed by atoms with van der Waals surface area (Å²) >= 11 is 0. The van der Waals surface area contributed by atoms with E-state index in [-0.39, 0.29) is 12.5 Å². The first-order valence-electron chi connectivity index (χ1n) is 11.3. The molecule has 0 atom stereocenters. The molecule has 5 fully saturated rings. The topological polar surface area (TPSA) is 32.8 Å². The zero-order valence-electron chi connectivity index (χ0n) is 17.3. The molecule has 4 saturated carbocycles. The molecular formula is C25H32N2O2. The summed E-state index contributed by atoms with van der Waals surface area (Å²) in [5, 5.41) is 0. The number of rotatable bonds is 5. The molecule has 0 aromatic heterocycles. The highest BCUT2D eigenvalue weighted by atomic mass is 16.5. The maximum absolute atomic E-state index is 12.5. The van der Waals surface area contributed by atoms with Gasteiger partial charge in [0.2, 0.25) is 0 Å². The number of hydrogen-bond acceptors (Lipinski definition) is 3. The van der Waals surface area contributed by atoms with Crippen molar-refractivity contribution < 1.29 is 9.53 Å². The fraction of sp³-hybridized carbons (Fsp3) is 0.640. The monoisotopic (exact) mass is 392 g/mol. The van der Waals surface area contributed by atoms with Gasteiger partial charge in [0.15, 0.2) is 6.61 Å². The van der Waals surface area contributed by atoms with Gasteiger partial charge in [-0.15, -0.1) is 6.42 Å². The minimum absolute atomic E-state index is 0.0653. The van der Waals surface area contributed by atoms with E-state index in [1.54, 1.807) is 0 Å². The van der Waals surface area contributed by atoms with Gasteiger partial charge in [-0.2, -0.15) is 0 Å². The minimum atomic E-state index is 0.0653. The Balaban J connectivity index is 1.16. The van der Waals surface area contributed by atoms with E-state index < -0.39 is 0 Å². The summed E-state index contributed by atoms with van der Waals surface area (Å²) in [6, 6.07) is 8.69. The van der Waals surface area contributed by atoms with Gasteiger partial charge >= 0.3 is 0 Å². The molecule has 1 amide bonds. The van der Waals surface area contributed by atoms with Gasteiger partial charge in [0.05, 0.1) is 6.54 Å². The minimum Gasteiger partial charge on any atom is -0.484 e. The van der Waals surface area contributed by atoms with E-state index in [1.807, 2.05) is 4.90 Å². The number of ether oxygens (including phenoxy) is 1. The highest BCUT2D eigenvalue weighted by Gasteiger charge is 2.51. The maximum Gasteiger partial charge on any atom is 0.260 e. The van der Waals surface area contributed by atoms with Crippen LogP contribution in [-0.4, -0.2) is 55.0 Å². The highest BCUT2D eigenvalue weighted by Crippen LogP contribution is 2.60. The van der Waals surface area contributed by atoms with Gasteiger partial charge in [0.1, 0.15) is 5.75 Å². The number of benzene rings is 1. The fourth-order valence-corrected chi connectivity index (χ4v) is 6.89. The molecule has 5 aliphatic rings. The van der Waals surface area contributed by atoms with Gasteiger partial charge in [-0.05, 0) is 79.4 Å².